The summed E-state index contributed by atoms with van der Waals surface area (Å²) < 4.78 is 13.1. The van der Waals surface area contributed by atoms with Crippen LogP contribution in [0, 0.1) is 5.82 Å². The van der Waals surface area contributed by atoms with Gasteiger partial charge >= 0.3 is 0 Å². The largest absolute Gasteiger partial charge is 0.368 e. The molecule has 0 bridgehead atoms. The number of benzene rings is 2. The van der Waals surface area contributed by atoms with Crippen LogP contribution >= 0.6 is 11.6 Å². The van der Waals surface area contributed by atoms with Gasteiger partial charge in [0.05, 0.1) is 13.1 Å². The van der Waals surface area contributed by atoms with E-state index in [1.54, 1.807) is 53.2 Å². The molecule has 0 spiro atoms. The average molecular weight is 419 g/mol. The maximum atomic E-state index is 13.1. The van der Waals surface area contributed by atoms with Crippen molar-refractivity contribution in [3.05, 3.63) is 59.4 Å². The van der Waals surface area contributed by atoms with Crippen molar-refractivity contribution in [1.82, 2.24) is 9.80 Å². The van der Waals surface area contributed by atoms with Gasteiger partial charge in [-0.25, -0.2) is 4.39 Å². The second-order valence-corrected chi connectivity index (χ2v) is 7.51. The summed E-state index contributed by atoms with van der Waals surface area (Å²) in [5.41, 5.74) is 1.58. The van der Waals surface area contributed by atoms with Gasteiger partial charge in [0, 0.05) is 42.6 Å². The van der Waals surface area contributed by atoms with Crippen LogP contribution in [0.15, 0.2) is 48.5 Å². The molecule has 2 amide bonds. The van der Waals surface area contributed by atoms with Gasteiger partial charge in [-0.3, -0.25) is 14.5 Å². The fourth-order valence-electron chi connectivity index (χ4n) is 3.26. The van der Waals surface area contributed by atoms with Crippen molar-refractivity contribution < 1.29 is 14.0 Å². The van der Waals surface area contributed by atoms with Gasteiger partial charge in [-0.05, 0) is 49.5 Å². The number of anilines is 2. The smallest absolute Gasteiger partial charge is 0.238 e. The van der Waals surface area contributed by atoms with Crippen molar-refractivity contribution in [2.75, 3.05) is 56.5 Å². The van der Waals surface area contributed by atoms with Crippen molar-refractivity contribution in [3.8, 4) is 0 Å². The van der Waals surface area contributed by atoms with Gasteiger partial charge in [0.1, 0.15) is 5.82 Å². The first-order valence-electron chi connectivity index (χ1n) is 9.43. The zero-order valence-electron chi connectivity index (χ0n) is 16.3. The van der Waals surface area contributed by atoms with Gasteiger partial charge in [0.25, 0.3) is 0 Å². The number of piperazine rings is 1. The van der Waals surface area contributed by atoms with Crippen LogP contribution in [0.5, 0.6) is 0 Å². The molecule has 1 heterocycles. The van der Waals surface area contributed by atoms with Crippen LogP contribution in [0.2, 0.25) is 5.02 Å². The van der Waals surface area contributed by atoms with E-state index in [1.807, 2.05) is 0 Å². The highest BCUT2D eigenvalue weighted by Gasteiger charge is 2.22. The highest BCUT2D eigenvalue weighted by atomic mass is 35.5. The van der Waals surface area contributed by atoms with Crippen molar-refractivity contribution in [2.24, 2.45) is 0 Å². The quantitative estimate of drug-likeness (QED) is 0.783. The van der Waals surface area contributed by atoms with E-state index in [-0.39, 0.29) is 30.7 Å². The lowest BCUT2D eigenvalue weighted by Crippen LogP contribution is -2.51. The standard InChI is InChI=1S/C21H24ClFN4O2/c1-25(14-20(28)24-18-4-2-3-16(22)13-18)15-21(29)27-11-9-26(10-12-27)19-7-5-17(23)6-8-19/h2-8,13H,9-12,14-15H2,1H3,(H,24,28). The summed E-state index contributed by atoms with van der Waals surface area (Å²) in [4.78, 5) is 30.3. The van der Waals surface area contributed by atoms with Gasteiger partial charge < -0.3 is 15.1 Å². The number of halogens is 2. The van der Waals surface area contributed by atoms with E-state index < -0.39 is 0 Å². The van der Waals surface area contributed by atoms with Gasteiger partial charge in [-0.2, -0.15) is 0 Å². The molecule has 1 aliphatic heterocycles. The molecule has 8 heteroatoms. The Balaban J connectivity index is 1.43. The Bertz CT molecular complexity index is 854. The minimum Gasteiger partial charge on any atom is -0.368 e. The second kappa shape index (κ2) is 9.71. The summed E-state index contributed by atoms with van der Waals surface area (Å²) in [7, 11) is 1.74. The lowest BCUT2D eigenvalue weighted by molar-refractivity contribution is -0.132. The molecule has 0 saturated carbocycles. The number of carbonyl (C=O) groups excluding carboxylic acids is 2. The zero-order valence-corrected chi connectivity index (χ0v) is 17.0. The fraction of sp³-hybridized carbons (Fsp3) is 0.333. The van der Waals surface area contributed by atoms with Gasteiger partial charge in [-0.15, -0.1) is 0 Å². The van der Waals surface area contributed by atoms with E-state index in [1.165, 1.54) is 12.1 Å². The van der Waals surface area contributed by atoms with Gasteiger partial charge in [0.15, 0.2) is 0 Å². The molecule has 2 aromatic rings. The number of nitrogens with zero attached hydrogens (tertiary/aromatic N) is 3. The number of amides is 2. The van der Waals surface area contributed by atoms with E-state index in [2.05, 4.69) is 10.2 Å². The first kappa shape index (κ1) is 21.1. The number of rotatable bonds is 6. The van der Waals surface area contributed by atoms with Crippen molar-refractivity contribution in [1.29, 1.82) is 0 Å². The Hall–Kier alpha value is -2.64. The molecule has 1 saturated heterocycles. The first-order chi connectivity index (χ1) is 13.9. The molecule has 6 nitrogen and oxygen atoms in total. The molecular weight excluding hydrogens is 395 g/mol. The molecule has 0 atom stereocenters. The van der Waals surface area contributed by atoms with Crippen LogP contribution < -0.4 is 10.2 Å². The third kappa shape index (κ3) is 6.17. The van der Waals surface area contributed by atoms with E-state index in [0.29, 0.717) is 36.9 Å². The molecule has 29 heavy (non-hydrogen) atoms. The predicted molar refractivity (Wildman–Crippen MR) is 113 cm³/mol. The Kier molecular flexibility index (Phi) is 7.06. The molecule has 1 fully saturated rings. The summed E-state index contributed by atoms with van der Waals surface area (Å²) in [6.07, 6.45) is 0. The maximum Gasteiger partial charge on any atom is 0.238 e. The highest BCUT2D eigenvalue weighted by molar-refractivity contribution is 6.30. The summed E-state index contributed by atoms with van der Waals surface area (Å²) >= 11 is 5.91. The van der Waals surface area contributed by atoms with Crippen LogP contribution in [0.25, 0.3) is 0 Å². The van der Waals surface area contributed by atoms with Crippen molar-refractivity contribution in [3.63, 3.8) is 0 Å². The molecule has 0 unspecified atom stereocenters. The monoisotopic (exact) mass is 418 g/mol. The Labute approximate surface area is 174 Å². The topological polar surface area (TPSA) is 55.9 Å². The maximum absolute atomic E-state index is 13.1. The zero-order chi connectivity index (χ0) is 20.8. The van der Waals surface area contributed by atoms with E-state index in [4.69, 9.17) is 11.6 Å². The lowest BCUT2D eigenvalue weighted by atomic mass is 10.2. The second-order valence-electron chi connectivity index (χ2n) is 7.08. The van der Waals surface area contributed by atoms with Crippen LogP contribution in [0.1, 0.15) is 0 Å². The van der Waals surface area contributed by atoms with Crippen LogP contribution in [0.3, 0.4) is 0 Å². The van der Waals surface area contributed by atoms with Crippen molar-refractivity contribution in [2.45, 2.75) is 0 Å². The molecule has 1 N–H and O–H groups in total. The number of likely N-dealkylation sites (N-methyl/N-ethyl adjacent to an activating group) is 1. The number of hydrogen-bond acceptors (Lipinski definition) is 4. The molecular formula is C21H24ClFN4O2. The summed E-state index contributed by atoms with van der Waals surface area (Å²) in [5, 5.41) is 3.32. The lowest BCUT2D eigenvalue weighted by Gasteiger charge is -2.36. The molecule has 0 radical (unpaired) electrons. The van der Waals surface area contributed by atoms with E-state index >= 15 is 0 Å². The first-order valence-corrected chi connectivity index (χ1v) is 9.81. The Morgan fingerprint density at radius 1 is 1.07 bits per heavy atom. The number of hydrogen-bond donors (Lipinski definition) is 1. The highest BCUT2D eigenvalue weighted by Crippen LogP contribution is 2.17. The van der Waals surface area contributed by atoms with E-state index in [9.17, 15) is 14.0 Å². The number of carbonyl (C=O) groups is 2. The molecule has 3 rings (SSSR count). The van der Waals surface area contributed by atoms with Gasteiger partial charge in [-0.1, -0.05) is 17.7 Å². The molecule has 2 aromatic carbocycles. The SMILES string of the molecule is CN(CC(=O)Nc1cccc(Cl)c1)CC(=O)N1CCN(c2ccc(F)cc2)CC1. The fourth-order valence-corrected chi connectivity index (χ4v) is 3.45. The van der Waals surface area contributed by atoms with E-state index in [0.717, 1.165) is 5.69 Å². The predicted octanol–water partition coefficient (Wildman–Crippen LogP) is 2.70. The number of nitrogens with one attached hydrogen (secondary N) is 1. The average Bonchev–Trinajstić information content (AvgIpc) is 2.68. The normalized spacial score (nSPS) is 14.2. The van der Waals surface area contributed by atoms with Crippen LogP contribution in [-0.2, 0) is 9.59 Å². The van der Waals surface area contributed by atoms with Crippen molar-refractivity contribution >= 4 is 34.8 Å². The Morgan fingerprint density at radius 3 is 2.41 bits per heavy atom. The van der Waals surface area contributed by atoms with Crippen LogP contribution in [-0.4, -0.2) is 67.9 Å². The molecule has 0 aliphatic carbocycles. The molecule has 0 aromatic heterocycles. The van der Waals surface area contributed by atoms with Gasteiger partial charge in [0.2, 0.25) is 11.8 Å². The summed E-state index contributed by atoms with van der Waals surface area (Å²) in [6.45, 7) is 2.84. The minimum atomic E-state index is -0.259. The third-order valence-electron chi connectivity index (χ3n) is 4.75. The molecule has 1 aliphatic rings. The van der Waals surface area contributed by atoms with Crippen LogP contribution in [0.4, 0.5) is 15.8 Å². The Morgan fingerprint density at radius 2 is 1.76 bits per heavy atom. The summed E-state index contributed by atoms with van der Waals surface area (Å²) in [5.74, 6) is -0.476. The molecule has 154 valence electrons. The minimum absolute atomic E-state index is 0.0122. The summed E-state index contributed by atoms with van der Waals surface area (Å²) in [6, 6.07) is 13.3. The third-order valence-corrected chi connectivity index (χ3v) is 4.99.